The Bertz CT molecular complexity index is 1060. The molecule has 2 N–H and O–H groups in total. The average Bonchev–Trinajstić information content (AvgIpc) is 3.04. The van der Waals surface area contributed by atoms with Gasteiger partial charge in [-0.15, -0.1) is 0 Å². The van der Waals surface area contributed by atoms with Crippen LogP contribution in [0.4, 0.5) is 4.39 Å². The standard InChI is InChI=1S/C18H17FN2O4S/c1-3-14-17(12-6-4-5-7-16(12)26(20,22)23)18(25-21-14)11-8-9-15(24-2)13(19)10-11/h4-10H,3H2,1-2H3,(H2,20,22,23). The molecule has 0 fully saturated rings. The second-order valence-electron chi connectivity index (χ2n) is 5.58. The fourth-order valence-corrected chi connectivity index (χ4v) is 3.51. The fraction of sp³-hybridized carbons (Fsp3) is 0.167. The molecule has 136 valence electrons. The van der Waals surface area contributed by atoms with Crippen molar-refractivity contribution in [2.24, 2.45) is 5.14 Å². The van der Waals surface area contributed by atoms with Gasteiger partial charge in [0.2, 0.25) is 10.0 Å². The van der Waals surface area contributed by atoms with Gasteiger partial charge >= 0.3 is 0 Å². The molecule has 2 aromatic carbocycles. The number of primary sulfonamides is 1. The third-order valence-electron chi connectivity index (χ3n) is 3.97. The maximum atomic E-state index is 14.1. The first-order chi connectivity index (χ1) is 12.4. The zero-order chi connectivity index (χ0) is 18.9. The van der Waals surface area contributed by atoms with E-state index in [1.54, 1.807) is 24.3 Å². The van der Waals surface area contributed by atoms with E-state index in [4.69, 9.17) is 14.4 Å². The Balaban J connectivity index is 2.28. The molecule has 0 aliphatic rings. The summed E-state index contributed by atoms with van der Waals surface area (Å²) in [5, 5.41) is 9.37. The molecule has 1 aromatic heterocycles. The highest BCUT2D eigenvalue weighted by molar-refractivity contribution is 7.89. The number of aromatic nitrogens is 1. The van der Waals surface area contributed by atoms with Crippen LogP contribution in [-0.4, -0.2) is 20.7 Å². The lowest BCUT2D eigenvalue weighted by Gasteiger charge is -2.09. The van der Waals surface area contributed by atoms with Crippen LogP contribution in [0.1, 0.15) is 12.6 Å². The predicted octanol–water partition coefficient (Wildman–Crippen LogP) is 3.37. The molecule has 0 saturated carbocycles. The second-order valence-corrected chi connectivity index (χ2v) is 7.11. The minimum absolute atomic E-state index is 0.0480. The van der Waals surface area contributed by atoms with E-state index in [0.717, 1.165) is 0 Å². The lowest BCUT2D eigenvalue weighted by molar-refractivity contribution is 0.386. The molecule has 3 aromatic rings. The molecule has 0 spiro atoms. The van der Waals surface area contributed by atoms with Crippen LogP contribution in [0.5, 0.6) is 5.75 Å². The third-order valence-corrected chi connectivity index (χ3v) is 4.94. The van der Waals surface area contributed by atoms with Gasteiger partial charge in [-0.05, 0) is 30.7 Å². The Morgan fingerprint density at radius 3 is 2.58 bits per heavy atom. The van der Waals surface area contributed by atoms with Crippen LogP contribution >= 0.6 is 0 Å². The molecule has 0 saturated heterocycles. The number of benzene rings is 2. The Hall–Kier alpha value is -2.71. The number of nitrogens with zero attached hydrogens (tertiary/aromatic N) is 1. The van der Waals surface area contributed by atoms with Crippen molar-refractivity contribution < 1.29 is 22.1 Å². The van der Waals surface area contributed by atoms with Gasteiger partial charge in [0.15, 0.2) is 17.3 Å². The summed E-state index contributed by atoms with van der Waals surface area (Å²) in [4.78, 5) is -0.0480. The van der Waals surface area contributed by atoms with Crippen molar-refractivity contribution in [2.45, 2.75) is 18.2 Å². The minimum Gasteiger partial charge on any atom is -0.494 e. The highest BCUT2D eigenvalue weighted by Crippen LogP contribution is 2.39. The normalized spacial score (nSPS) is 11.5. The van der Waals surface area contributed by atoms with Gasteiger partial charge in [-0.25, -0.2) is 17.9 Å². The first-order valence-corrected chi connectivity index (χ1v) is 9.36. The summed E-state index contributed by atoms with van der Waals surface area (Å²) in [5.74, 6) is -0.208. The molecule has 6 nitrogen and oxygen atoms in total. The molecule has 0 bridgehead atoms. The van der Waals surface area contributed by atoms with Crippen LogP contribution in [-0.2, 0) is 16.4 Å². The predicted molar refractivity (Wildman–Crippen MR) is 94.6 cm³/mol. The Morgan fingerprint density at radius 2 is 1.96 bits per heavy atom. The summed E-state index contributed by atoms with van der Waals surface area (Å²) in [5.41, 5.74) is 1.79. The number of nitrogens with two attached hydrogens (primary N) is 1. The number of hydrogen-bond donors (Lipinski definition) is 1. The molecule has 0 aliphatic carbocycles. The quantitative estimate of drug-likeness (QED) is 0.737. The molecule has 8 heteroatoms. The summed E-state index contributed by atoms with van der Waals surface area (Å²) in [6.07, 6.45) is 0.496. The molecular weight excluding hydrogens is 359 g/mol. The van der Waals surface area contributed by atoms with E-state index in [1.165, 1.54) is 25.3 Å². The second kappa shape index (κ2) is 6.89. The van der Waals surface area contributed by atoms with Crippen LogP contribution in [0.3, 0.4) is 0 Å². The lowest BCUT2D eigenvalue weighted by atomic mass is 9.98. The number of hydrogen-bond acceptors (Lipinski definition) is 5. The van der Waals surface area contributed by atoms with E-state index in [-0.39, 0.29) is 16.4 Å². The number of ether oxygens (including phenoxy) is 1. The molecule has 1 heterocycles. The van der Waals surface area contributed by atoms with Gasteiger partial charge in [0.1, 0.15) is 0 Å². The van der Waals surface area contributed by atoms with Gasteiger partial charge in [-0.3, -0.25) is 0 Å². The van der Waals surface area contributed by atoms with E-state index < -0.39 is 15.8 Å². The van der Waals surface area contributed by atoms with Crippen LogP contribution in [0.2, 0.25) is 0 Å². The van der Waals surface area contributed by atoms with Crippen LogP contribution in [0.25, 0.3) is 22.5 Å². The van der Waals surface area contributed by atoms with E-state index >= 15 is 0 Å². The highest BCUT2D eigenvalue weighted by Gasteiger charge is 2.24. The van der Waals surface area contributed by atoms with Gasteiger partial charge in [-0.2, -0.15) is 0 Å². The molecule has 26 heavy (non-hydrogen) atoms. The van der Waals surface area contributed by atoms with Crippen molar-refractivity contribution in [3.8, 4) is 28.2 Å². The fourth-order valence-electron chi connectivity index (χ4n) is 2.77. The highest BCUT2D eigenvalue weighted by atomic mass is 32.2. The summed E-state index contributed by atoms with van der Waals surface area (Å²) < 4.78 is 48.4. The summed E-state index contributed by atoms with van der Waals surface area (Å²) in [6.45, 7) is 1.86. The van der Waals surface area contributed by atoms with E-state index in [0.29, 0.717) is 28.8 Å². The maximum absolute atomic E-state index is 14.1. The first-order valence-electron chi connectivity index (χ1n) is 7.81. The number of aryl methyl sites for hydroxylation is 1. The zero-order valence-corrected chi connectivity index (χ0v) is 15.0. The van der Waals surface area contributed by atoms with Crippen molar-refractivity contribution in [3.63, 3.8) is 0 Å². The molecule has 0 unspecified atom stereocenters. The monoisotopic (exact) mass is 376 g/mol. The summed E-state index contributed by atoms with van der Waals surface area (Å²) in [7, 11) is -2.60. The topological polar surface area (TPSA) is 95.4 Å². The van der Waals surface area contributed by atoms with Crippen molar-refractivity contribution in [1.82, 2.24) is 5.16 Å². The molecule has 0 aliphatic heterocycles. The van der Waals surface area contributed by atoms with Crippen molar-refractivity contribution in [1.29, 1.82) is 0 Å². The SMILES string of the molecule is CCc1noc(-c2ccc(OC)c(F)c2)c1-c1ccccc1S(N)(=O)=O. The van der Waals surface area contributed by atoms with Crippen LogP contribution < -0.4 is 9.88 Å². The van der Waals surface area contributed by atoms with Crippen LogP contribution in [0, 0.1) is 5.82 Å². The van der Waals surface area contributed by atoms with E-state index in [9.17, 15) is 12.8 Å². The number of halogens is 1. The first kappa shape index (κ1) is 18.1. The van der Waals surface area contributed by atoms with Crippen molar-refractivity contribution in [3.05, 3.63) is 54.0 Å². The van der Waals surface area contributed by atoms with Gasteiger partial charge in [-0.1, -0.05) is 30.3 Å². The molecule has 0 amide bonds. The molecule has 0 atom stereocenters. The van der Waals surface area contributed by atoms with Gasteiger partial charge in [0, 0.05) is 11.1 Å². The minimum atomic E-state index is -3.97. The molecule has 3 rings (SSSR count). The summed E-state index contributed by atoms with van der Waals surface area (Å²) in [6, 6.07) is 10.6. The number of sulfonamides is 1. The van der Waals surface area contributed by atoms with E-state index in [1.807, 2.05) is 6.92 Å². The molecule has 0 radical (unpaired) electrons. The third kappa shape index (κ3) is 3.21. The number of rotatable bonds is 5. The Kier molecular flexibility index (Phi) is 4.80. The number of methoxy groups -OCH3 is 1. The van der Waals surface area contributed by atoms with Crippen LogP contribution in [0.15, 0.2) is 51.9 Å². The van der Waals surface area contributed by atoms with Gasteiger partial charge in [0.25, 0.3) is 0 Å². The molecular formula is C18H17FN2O4S. The zero-order valence-electron chi connectivity index (χ0n) is 14.2. The van der Waals surface area contributed by atoms with Gasteiger partial charge in [0.05, 0.1) is 23.3 Å². The summed E-state index contributed by atoms with van der Waals surface area (Å²) >= 11 is 0. The van der Waals surface area contributed by atoms with Crippen molar-refractivity contribution in [2.75, 3.05) is 7.11 Å². The largest absolute Gasteiger partial charge is 0.494 e. The average molecular weight is 376 g/mol. The van der Waals surface area contributed by atoms with Crippen molar-refractivity contribution >= 4 is 10.0 Å². The van der Waals surface area contributed by atoms with E-state index in [2.05, 4.69) is 5.16 Å². The Morgan fingerprint density at radius 1 is 1.23 bits per heavy atom. The smallest absolute Gasteiger partial charge is 0.238 e. The maximum Gasteiger partial charge on any atom is 0.238 e. The lowest BCUT2D eigenvalue weighted by Crippen LogP contribution is -2.13. The van der Waals surface area contributed by atoms with Gasteiger partial charge < -0.3 is 9.26 Å². The Labute approximate surface area is 150 Å².